The maximum Gasteiger partial charge on any atom is 0.317 e. The summed E-state index contributed by atoms with van der Waals surface area (Å²) in [6, 6.07) is 4.05. The fourth-order valence-electron chi connectivity index (χ4n) is 3.28. The molecule has 1 aromatic rings. The van der Waals surface area contributed by atoms with Crippen molar-refractivity contribution >= 4 is 5.97 Å². The van der Waals surface area contributed by atoms with Crippen LogP contribution in [0.1, 0.15) is 24.8 Å². The number of carbonyl (C=O) groups is 1. The molecule has 1 fully saturated rings. The van der Waals surface area contributed by atoms with Crippen LogP contribution in [0.25, 0.3) is 0 Å². The van der Waals surface area contributed by atoms with E-state index < -0.39 is 0 Å². The largest absolute Gasteiger partial charge is 0.493 e. The van der Waals surface area contributed by atoms with Gasteiger partial charge in [-0.05, 0) is 37.1 Å². The van der Waals surface area contributed by atoms with Crippen molar-refractivity contribution in [2.45, 2.75) is 31.7 Å². The van der Waals surface area contributed by atoms with E-state index in [1.165, 1.54) is 0 Å². The number of benzene rings is 1. The summed E-state index contributed by atoms with van der Waals surface area (Å²) < 4.78 is 27.2. The molecule has 7 nitrogen and oxygen atoms in total. The zero-order valence-corrected chi connectivity index (χ0v) is 15.4. The summed E-state index contributed by atoms with van der Waals surface area (Å²) >= 11 is 0. The van der Waals surface area contributed by atoms with Crippen molar-refractivity contribution in [2.24, 2.45) is 0 Å². The normalized spacial score (nSPS) is 19.5. The SMILES string of the molecule is COc1cc(CC2=C(OCC3CCCN3)OC(=O)C2)cc(OC)c1OC. The monoisotopic (exact) mass is 363 g/mol. The number of carbonyl (C=O) groups excluding carboxylic acids is 1. The molecule has 0 radical (unpaired) electrons. The van der Waals surface area contributed by atoms with E-state index in [1.54, 1.807) is 21.3 Å². The third-order valence-corrected chi connectivity index (χ3v) is 4.57. The molecule has 0 spiro atoms. The molecule has 0 saturated carbocycles. The number of hydrogen-bond donors (Lipinski definition) is 1. The first kappa shape index (κ1) is 18.4. The third-order valence-electron chi connectivity index (χ3n) is 4.57. The molecule has 3 rings (SSSR count). The van der Waals surface area contributed by atoms with Crippen molar-refractivity contribution in [1.82, 2.24) is 5.32 Å². The van der Waals surface area contributed by atoms with Gasteiger partial charge in [-0.3, -0.25) is 4.79 Å². The van der Waals surface area contributed by atoms with Crippen LogP contribution in [0.3, 0.4) is 0 Å². The summed E-state index contributed by atoms with van der Waals surface area (Å²) in [6.07, 6.45) is 2.95. The molecule has 1 aromatic carbocycles. The topological polar surface area (TPSA) is 75.2 Å². The number of hydrogen-bond acceptors (Lipinski definition) is 7. The third kappa shape index (κ3) is 4.04. The first-order valence-electron chi connectivity index (χ1n) is 8.72. The van der Waals surface area contributed by atoms with E-state index in [0.29, 0.717) is 42.3 Å². The lowest BCUT2D eigenvalue weighted by molar-refractivity contribution is -0.141. The molecule has 2 heterocycles. The average molecular weight is 363 g/mol. The van der Waals surface area contributed by atoms with E-state index in [-0.39, 0.29) is 12.4 Å². The molecule has 1 N–H and O–H groups in total. The first-order valence-corrected chi connectivity index (χ1v) is 8.72. The number of ether oxygens (including phenoxy) is 5. The van der Waals surface area contributed by atoms with Gasteiger partial charge >= 0.3 is 5.97 Å². The van der Waals surface area contributed by atoms with Gasteiger partial charge in [0.05, 0.1) is 27.8 Å². The summed E-state index contributed by atoms with van der Waals surface area (Å²) in [7, 11) is 4.71. The molecule has 26 heavy (non-hydrogen) atoms. The van der Waals surface area contributed by atoms with Crippen molar-refractivity contribution in [3.8, 4) is 17.2 Å². The summed E-state index contributed by atoms with van der Waals surface area (Å²) in [5, 5.41) is 3.36. The van der Waals surface area contributed by atoms with Gasteiger partial charge in [-0.15, -0.1) is 0 Å². The summed E-state index contributed by atoms with van der Waals surface area (Å²) in [6.45, 7) is 1.51. The highest BCUT2D eigenvalue weighted by atomic mass is 16.7. The van der Waals surface area contributed by atoms with E-state index in [1.807, 2.05) is 12.1 Å². The van der Waals surface area contributed by atoms with Gasteiger partial charge in [-0.1, -0.05) is 0 Å². The lowest BCUT2D eigenvalue weighted by atomic mass is 10.0. The Bertz CT molecular complexity index is 668. The highest BCUT2D eigenvalue weighted by Crippen LogP contribution is 2.39. The van der Waals surface area contributed by atoms with Gasteiger partial charge in [0.2, 0.25) is 5.75 Å². The second-order valence-electron chi connectivity index (χ2n) is 6.36. The standard InChI is InChI=1S/C19H25NO6/c1-22-15-8-12(9-16(23-2)18(15)24-3)7-13-10-17(21)26-19(13)25-11-14-5-4-6-20-14/h8-9,14,20H,4-7,10-11H2,1-3H3. The lowest BCUT2D eigenvalue weighted by Gasteiger charge is -2.15. The van der Waals surface area contributed by atoms with Gasteiger partial charge in [0.1, 0.15) is 6.61 Å². The minimum atomic E-state index is -0.290. The quantitative estimate of drug-likeness (QED) is 0.710. The van der Waals surface area contributed by atoms with Crippen molar-refractivity contribution in [2.75, 3.05) is 34.5 Å². The minimum absolute atomic E-state index is 0.226. The van der Waals surface area contributed by atoms with Crippen LogP contribution in [0.15, 0.2) is 23.7 Å². The van der Waals surface area contributed by atoms with Crippen molar-refractivity contribution in [3.63, 3.8) is 0 Å². The smallest absolute Gasteiger partial charge is 0.317 e. The molecule has 7 heteroatoms. The van der Waals surface area contributed by atoms with Crippen molar-refractivity contribution < 1.29 is 28.5 Å². The average Bonchev–Trinajstić information content (AvgIpc) is 3.28. The molecule has 142 valence electrons. The zero-order chi connectivity index (χ0) is 18.5. The number of methoxy groups -OCH3 is 3. The van der Waals surface area contributed by atoms with Gasteiger partial charge in [0.25, 0.3) is 5.95 Å². The number of nitrogens with one attached hydrogen (secondary N) is 1. The van der Waals surface area contributed by atoms with Crippen LogP contribution in [0, 0.1) is 0 Å². The number of cyclic esters (lactones) is 1. The Hall–Kier alpha value is -2.41. The molecule has 1 saturated heterocycles. The molecule has 2 aliphatic rings. The zero-order valence-electron chi connectivity index (χ0n) is 15.4. The second-order valence-corrected chi connectivity index (χ2v) is 6.36. The number of esters is 1. The maximum absolute atomic E-state index is 11.8. The van der Waals surface area contributed by atoms with E-state index in [4.69, 9.17) is 23.7 Å². The van der Waals surface area contributed by atoms with Gasteiger partial charge in [0.15, 0.2) is 11.5 Å². The van der Waals surface area contributed by atoms with Crippen LogP contribution in [0.4, 0.5) is 0 Å². The molecule has 1 atom stereocenters. The Labute approximate surface area is 153 Å². The molecule has 1 unspecified atom stereocenters. The van der Waals surface area contributed by atoms with E-state index in [0.717, 1.165) is 30.5 Å². The Morgan fingerprint density at radius 1 is 1.15 bits per heavy atom. The molecule has 0 bridgehead atoms. The van der Waals surface area contributed by atoms with Crippen LogP contribution in [0.5, 0.6) is 17.2 Å². The van der Waals surface area contributed by atoms with Crippen LogP contribution in [0.2, 0.25) is 0 Å². The fraction of sp³-hybridized carbons (Fsp3) is 0.526. The van der Waals surface area contributed by atoms with Gasteiger partial charge in [-0.2, -0.15) is 0 Å². The number of rotatable bonds is 8. The Morgan fingerprint density at radius 2 is 1.88 bits per heavy atom. The van der Waals surface area contributed by atoms with Gasteiger partial charge < -0.3 is 29.0 Å². The fourth-order valence-corrected chi connectivity index (χ4v) is 3.28. The van der Waals surface area contributed by atoms with Crippen molar-refractivity contribution in [3.05, 3.63) is 29.2 Å². The van der Waals surface area contributed by atoms with Gasteiger partial charge in [-0.25, -0.2) is 0 Å². The summed E-state index contributed by atoms with van der Waals surface area (Å²) in [4.78, 5) is 11.8. The van der Waals surface area contributed by atoms with Crippen LogP contribution in [-0.4, -0.2) is 46.5 Å². The first-order chi connectivity index (χ1) is 12.6. The molecule has 0 aliphatic carbocycles. The maximum atomic E-state index is 11.8. The predicted octanol–water partition coefficient (Wildman–Crippen LogP) is 2.18. The van der Waals surface area contributed by atoms with Crippen LogP contribution >= 0.6 is 0 Å². The highest BCUT2D eigenvalue weighted by Gasteiger charge is 2.27. The predicted molar refractivity (Wildman–Crippen MR) is 94.5 cm³/mol. The Kier molecular flexibility index (Phi) is 5.88. The minimum Gasteiger partial charge on any atom is -0.493 e. The van der Waals surface area contributed by atoms with Crippen LogP contribution < -0.4 is 19.5 Å². The molecular formula is C19H25NO6. The summed E-state index contributed by atoms with van der Waals surface area (Å²) in [5.74, 6) is 1.73. The highest BCUT2D eigenvalue weighted by molar-refractivity contribution is 5.76. The molecular weight excluding hydrogens is 338 g/mol. The van der Waals surface area contributed by atoms with Crippen LogP contribution in [-0.2, 0) is 20.7 Å². The van der Waals surface area contributed by atoms with Crippen molar-refractivity contribution in [1.29, 1.82) is 0 Å². The molecule has 0 aromatic heterocycles. The second kappa shape index (κ2) is 8.31. The Morgan fingerprint density at radius 3 is 2.46 bits per heavy atom. The molecule has 0 amide bonds. The van der Waals surface area contributed by atoms with E-state index in [2.05, 4.69) is 5.32 Å². The van der Waals surface area contributed by atoms with Gasteiger partial charge in [0, 0.05) is 18.0 Å². The Balaban J connectivity index is 1.78. The lowest BCUT2D eigenvalue weighted by Crippen LogP contribution is -2.26. The van der Waals surface area contributed by atoms with E-state index >= 15 is 0 Å². The van der Waals surface area contributed by atoms with E-state index in [9.17, 15) is 4.79 Å². The summed E-state index contributed by atoms with van der Waals surface area (Å²) in [5.41, 5.74) is 1.75. The molecule has 2 aliphatic heterocycles.